The van der Waals surface area contributed by atoms with Crippen LogP contribution in [0.1, 0.15) is 25.7 Å². The van der Waals surface area contributed by atoms with E-state index >= 15 is 0 Å². The van der Waals surface area contributed by atoms with Gasteiger partial charge in [-0.15, -0.1) is 0 Å². The van der Waals surface area contributed by atoms with Crippen LogP contribution in [0.4, 0.5) is 0 Å². The van der Waals surface area contributed by atoms with Gasteiger partial charge in [0.1, 0.15) is 0 Å². The van der Waals surface area contributed by atoms with Crippen molar-refractivity contribution in [3.8, 4) is 0 Å². The number of hydrogen-bond donors (Lipinski definition) is 0. The van der Waals surface area contributed by atoms with Crippen molar-refractivity contribution in [2.45, 2.75) is 25.7 Å². The van der Waals surface area contributed by atoms with Crippen LogP contribution < -0.4 is 15.9 Å². The molecule has 0 atom stereocenters. The Kier molecular flexibility index (Phi) is 4.99. The third-order valence-corrected chi connectivity index (χ3v) is 10.2. The average molecular weight is 345 g/mol. The largest absolute Gasteiger partial charge is 0.0622 e. The SMILES string of the molecule is c1ccc([P](CC2CCCC2)(c2ccccc2)c2ccccc2)cc1. The van der Waals surface area contributed by atoms with E-state index in [-0.39, 0.29) is 0 Å². The Morgan fingerprint density at radius 3 is 1.28 bits per heavy atom. The molecule has 0 N–H and O–H groups in total. The molecule has 0 aliphatic heterocycles. The molecule has 1 fully saturated rings. The molecular weight excluding hydrogens is 319 g/mol. The summed E-state index contributed by atoms with van der Waals surface area (Å²) in [5.74, 6) is 0.856. The first kappa shape index (κ1) is 16.6. The number of rotatable bonds is 5. The molecule has 0 spiro atoms. The average Bonchev–Trinajstić information content (AvgIpc) is 3.21. The van der Waals surface area contributed by atoms with E-state index in [1.807, 2.05) is 0 Å². The molecule has 0 nitrogen and oxygen atoms in total. The number of benzene rings is 3. The third-order valence-electron chi connectivity index (χ3n) is 5.60. The van der Waals surface area contributed by atoms with Crippen molar-refractivity contribution in [2.24, 2.45) is 5.92 Å². The summed E-state index contributed by atoms with van der Waals surface area (Å²) in [6, 6.07) is 33.9. The van der Waals surface area contributed by atoms with E-state index in [9.17, 15) is 0 Å². The van der Waals surface area contributed by atoms with Crippen molar-refractivity contribution in [1.82, 2.24) is 0 Å². The van der Waals surface area contributed by atoms with Crippen molar-refractivity contribution in [3.05, 3.63) is 91.0 Å². The normalized spacial score (nSPS) is 15.4. The smallest absolute Gasteiger partial charge is 0.0196 e. The molecule has 25 heavy (non-hydrogen) atoms. The second kappa shape index (κ2) is 7.54. The Morgan fingerprint density at radius 2 is 0.920 bits per heavy atom. The zero-order valence-corrected chi connectivity index (χ0v) is 15.6. The molecule has 0 heterocycles. The molecule has 1 heteroatoms. The van der Waals surface area contributed by atoms with E-state index in [0.29, 0.717) is 0 Å². The maximum absolute atomic E-state index is 2.36. The highest BCUT2D eigenvalue weighted by molar-refractivity contribution is 7.95. The van der Waals surface area contributed by atoms with Crippen molar-refractivity contribution in [3.63, 3.8) is 0 Å². The van der Waals surface area contributed by atoms with Crippen LogP contribution in [0, 0.1) is 5.92 Å². The van der Waals surface area contributed by atoms with E-state index in [1.54, 1.807) is 0 Å². The van der Waals surface area contributed by atoms with E-state index in [4.69, 9.17) is 0 Å². The second-order valence-electron chi connectivity index (χ2n) is 7.15. The number of hydrogen-bond acceptors (Lipinski definition) is 0. The van der Waals surface area contributed by atoms with Gasteiger partial charge in [-0.3, -0.25) is 0 Å². The Labute approximate surface area is 152 Å². The van der Waals surface area contributed by atoms with Gasteiger partial charge in [0.15, 0.2) is 0 Å². The van der Waals surface area contributed by atoms with Crippen LogP contribution in [0.25, 0.3) is 0 Å². The van der Waals surface area contributed by atoms with Crippen molar-refractivity contribution in [1.29, 1.82) is 0 Å². The molecule has 1 radical (unpaired) electrons. The minimum absolute atomic E-state index is 0.856. The first-order valence-electron chi connectivity index (χ1n) is 9.44. The minimum Gasteiger partial charge on any atom is -0.0622 e. The van der Waals surface area contributed by atoms with Gasteiger partial charge < -0.3 is 0 Å². The van der Waals surface area contributed by atoms with Gasteiger partial charge in [-0.1, -0.05) is 117 Å². The van der Waals surface area contributed by atoms with Crippen molar-refractivity contribution >= 4 is 23.2 Å². The highest BCUT2D eigenvalue weighted by Crippen LogP contribution is 2.58. The molecule has 0 aromatic heterocycles. The molecule has 0 unspecified atom stereocenters. The Morgan fingerprint density at radius 1 is 0.560 bits per heavy atom. The zero-order chi connectivity index (χ0) is 17.0. The van der Waals surface area contributed by atoms with E-state index in [2.05, 4.69) is 91.0 Å². The maximum atomic E-state index is 2.36. The lowest BCUT2D eigenvalue weighted by atomic mass is 10.1. The molecule has 1 aliphatic rings. The monoisotopic (exact) mass is 345 g/mol. The Bertz CT molecular complexity index is 677. The third kappa shape index (κ3) is 3.29. The summed E-state index contributed by atoms with van der Waals surface area (Å²) in [5, 5.41) is 4.58. The minimum atomic E-state index is -1.60. The standard InChI is InChI=1S/C24H26P/c1-4-14-22(15-5-1)25(20-21-12-10-11-13-21,23-16-6-2-7-17-23)24-18-8-3-9-19-24/h1-9,14-19,21H,10-13,20H2. The predicted molar refractivity (Wildman–Crippen MR) is 112 cm³/mol. The van der Waals surface area contributed by atoms with Gasteiger partial charge in [-0.05, 0) is 35.3 Å². The summed E-state index contributed by atoms with van der Waals surface area (Å²) in [4.78, 5) is 0. The Balaban J connectivity index is 1.93. The van der Waals surface area contributed by atoms with Gasteiger partial charge in [0.25, 0.3) is 0 Å². The van der Waals surface area contributed by atoms with Gasteiger partial charge in [0, 0.05) is 0 Å². The highest BCUT2D eigenvalue weighted by atomic mass is 31.2. The maximum Gasteiger partial charge on any atom is -0.0196 e. The van der Waals surface area contributed by atoms with Gasteiger partial charge in [0.05, 0.1) is 0 Å². The molecule has 0 bridgehead atoms. The lowest BCUT2D eigenvalue weighted by Gasteiger charge is -2.40. The lowest BCUT2D eigenvalue weighted by Crippen LogP contribution is -2.35. The van der Waals surface area contributed by atoms with E-state index < -0.39 is 7.26 Å². The van der Waals surface area contributed by atoms with Crippen LogP contribution in [0.2, 0.25) is 0 Å². The molecule has 1 saturated carbocycles. The molecule has 1 aliphatic carbocycles. The highest BCUT2D eigenvalue weighted by Gasteiger charge is 2.36. The van der Waals surface area contributed by atoms with Crippen LogP contribution in [0.3, 0.4) is 0 Å². The zero-order valence-electron chi connectivity index (χ0n) is 14.7. The van der Waals surface area contributed by atoms with Crippen LogP contribution >= 0.6 is 7.26 Å². The predicted octanol–water partition coefficient (Wildman–Crippen LogP) is 5.17. The summed E-state index contributed by atoms with van der Waals surface area (Å²) in [7, 11) is -1.60. The first-order valence-corrected chi connectivity index (χ1v) is 11.4. The fourth-order valence-electron chi connectivity index (χ4n) is 4.39. The summed E-state index contributed by atoms with van der Waals surface area (Å²) in [5.41, 5.74) is 0. The quantitative estimate of drug-likeness (QED) is 0.560. The van der Waals surface area contributed by atoms with Gasteiger partial charge >= 0.3 is 0 Å². The van der Waals surface area contributed by atoms with E-state index in [1.165, 1.54) is 47.8 Å². The molecule has 0 saturated heterocycles. The fourth-order valence-corrected chi connectivity index (χ4v) is 9.10. The first-order chi connectivity index (χ1) is 12.4. The second-order valence-corrected chi connectivity index (χ2v) is 10.7. The summed E-state index contributed by atoms with van der Waals surface area (Å²) in [6.07, 6.45) is 6.92. The van der Waals surface area contributed by atoms with Crippen LogP contribution in [0.15, 0.2) is 91.0 Å². The van der Waals surface area contributed by atoms with Crippen LogP contribution in [-0.2, 0) is 0 Å². The molecule has 0 amide bonds. The lowest BCUT2D eigenvalue weighted by molar-refractivity contribution is 0.619. The topological polar surface area (TPSA) is 0 Å². The van der Waals surface area contributed by atoms with E-state index in [0.717, 1.165) is 5.92 Å². The van der Waals surface area contributed by atoms with Gasteiger partial charge in [-0.25, -0.2) is 0 Å². The molecule has 127 valence electrons. The molecule has 3 aromatic carbocycles. The van der Waals surface area contributed by atoms with Crippen LogP contribution in [-0.4, -0.2) is 6.16 Å². The van der Waals surface area contributed by atoms with Gasteiger partial charge in [-0.2, -0.15) is 0 Å². The summed E-state index contributed by atoms with van der Waals surface area (Å²) >= 11 is 0. The molecule has 4 rings (SSSR count). The van der Waals surface area contributed by atoms with Crippen LogP contribution in [0.5, 0.6) is 0 Å². The molecule has 3 aromatic rings. The fraction of sp³-hybridized carbons (Fsp3) is 0.250. The summed E-state index contributed by atoms with van der Waals surface area (Å²) in [6.45, 7) is 0. The van der Waals surface area contributed by atoms with Gasteiger partial charge in [0.2, 0.25) is 0 Å². The van der Waals surface area contributed by atoms with Crippen molar-refractivity contribution < 1.29 is 0 Å². The molecular formula is C24H26P. The summed E-state index contributed by atoms with van der Waals surface area (Å²) < 4.78 is 0. The Hall–Kier alpha value is -1.91. The van der Waals surface area contributed by atoms with Crippen molar-refractivity contribution in [2.75, 3.05) is 6.16 Å².